The number of carbonyl (C=O) groups is 1. The Kier molecular flexibility index (Phi) is 4.42. The van der Waals surface area contributed by atoms with E-state index in [1.54, 1.807) is 22.7 Å². The van der Waals surface area contributed by atoms with Crippen LogP contribution in [0.15, 0.2) is 24.3 Å². The number of aldehydes is 1. The molecule has 0 amide bonds. The van der Waals surface area contributed by atoms with Crippen LogP contribution in [0, 0.1) is 0 Å². The lowest BCUT2D eigenvalue weighted by molar-refractivity contribution is 0.112. The molecule has 0 aromatic carbocycles. The van der Waals surface area contributed by atoms with E-state index in [1.165, 1.54) is 14.8 Å². The molecule has 4 heteroatoms. The lowest BCUT2D eigenvalue weighted by Crippen LogP contribution is -2.36. The van der Waals surface area contributed by atoms with E-state index in [0.29, 0.717) is 12.1 Å². The monoisotopic (exact) mass is 293 g/mol. The van der Waals surface area contributed by atoms with Gasteiger partial charge in [-0.1, -0.05) is 0 Å². The van der Waals surface area contributed by atoms with Crippen molar-refractivity contribution in [3.05, 3.63) is 29.1 Å². The number of hydrogen-bond acceptors (Lipinski definition) is 4. The van der Waals surface area contributed by atoms with Crippen LogP contribution in [0.5, 0.6) is 0 Å². The molecule has 0 aliphatic rings. The minimum Gasteiger partial charge on any atom is -0.359 e. The first kappa shape index (κ1) is 14.3. The molecule has 2 nitrogen and oxygen atoms in total. The minimum atomic E-state index is 0.486. The number of hydrogen-bond donors (Lipinski definition) is 0. The van der Waals surface area contributed by atoms with E-state index in [2.05, 4.69) is 44.7 Å². The molecule has 0 spiro atoms. The SMILES string of the molecule is CC(C)N(c1ccc(-c2ccc(C=O)s2)s1)C(C)C. The molecule has 2 aromatic rings. The molecule has 2 aromatic heterocycles. The maximum Gasteiger partial charge on any atom is 0.160 e. The van der Waals surface area contributed by atoms with Gasteiger partial charge in [0.05, 0.1) is 9.88 Å². The number of rotatable bonds is 5. The van der Waals surface area contributed by atoms with Crippen LogP contribution in [0.25, 0.3) is 9.75 Å². The van der Waals surface area contributed by atoms with Crippen molar-refractivity contribution in [3.63, 3.8) is 0 Å². The van der Waals surface area contributed by atoms with Gasteiger partial charge in [0.1, 0.15) is 0 Å². The van der Waals surface area contributed by atoms with Gasteiger partial charge in [0.15, 0.2) is 6.29 Å². The average Bonchev–Trinajstić information content (AvgIpc) is 2.95. The van der Waals surface area contributed by atoms with Gasteiger partial charge >= 0.3 is 0 Å². The zero-order chi connectivity index (χ0) is 14.0. The van der Waals surface area contributed by atoms with E-state index in [4.69, 9.17) is 0 Å². The first-order valence-electron chi connectivity index (χ1n) is 6.46. The minimum absolute atomic E-state index is 0.486. The molecule has 19 heavy (non-hydrogen) atoms. The predicted octanol–water partition coefficient (Wildman–Crippen LogP) is 4.91. The number of nitrogens with zero attached hydrogens (tertiary/aromatic N) is 1. The second-order valence-corrected chi connectivity index (χ2v) is 7.23. The second kappa shape index (κ2) is 5.88. The molecule has 0 aliphatic heterocycles. The van der Waals surface area contributed by atoms with E-state index in [9.17, 15) is 4.79 Å². The third-order valence-electron chi connectivity index (χ3n) is 2.94. The van der Waals surface area contributed by atoms with Crippen molar-refractivity contribution in [1.29, 1.82) is 0 Å². The highest BCUT2D eigenvalue weighted by Crippen LogP contribution is 2.38. The molecule has 0 saturated heterocycles. The third kappa shape index (κ3) is 3.07. The molecule has 2 heterocycles. The summed E-state index contributed by atoms with van der Waals surface area (Å²) in [6, 6.07) is 9.22. The lowest BCUT2D eigenvalue weighted by Gasteiger charge is -2.31. The largest absolute Gasteiger partial charge is 0.359 e. The molecular formula is C15H19NOS2. The molecule has 0 aliphatic carbocycles. The highest BCUT2D eigenvalue weighted by Gasteiger charge is 2.17. The third-order valence-corrected chi connectivity index (χ3v) is 5.25. The first-order chi connectivity index (χ1) is 9.02. The summed E-state index contributed by atoms with van der Waals surface area (Å²) < 4.78 is 0. The Morgan fingerprint density at radius 3 is 2.05 bits per heavy atom. The topological polar surface area (TPSA) is 20.3 Å². The Balaban J connectivity index is 2.29. The highest BCUT2D eigenvalue weighted by molar-refractivity contribution is 7.24. The van der Waals surface area contributed by atoms with Gasteiger partial charge in [-0.25, -0.2) is 0 Å². The number of thiophene rings is 2. The molecular weight excluding hydrogens is 274 g/mol. The summed E-state index contributed by atoms with van der Waals surface area (Å²) in [5, 5.41) is 1.29. The summed E-state index contributed by atoms with van der Waals surface area (Å²) >= 11 is 3.35. The summed E-state index contributed by atoms with van der Waals surface area (Å²) in [5.74, 6) is 0. The van der Waals surface area contributed by atoms with E-state index in [0.717, 1.165) is 11.2 Å². The second-order valence-electron chi connectivity index (χ2n) is 5.05. The quantitative estimate of drug-likeness (QED) is 0.730. The van der Waals surface area contributed by atoms with Crippen molar-refractivity contribution in [2.45, 2.75) is 39.8 Å². The molecule has 0 fully saturated rings. The summed E-state index contributed by atoms with van der Waals surface area (Å²) in [6.07, 6.45) is 0.914. The summed E-state index contributed by atoms with van der Waals surface area (Å²) in [6.45, 7) is 8.87. The molecule has 0 bridgehead atoms. The van der Waals surface area contributed by atoms with Crippen molar-refractivity contribution in [2.75, 3.05) is 4.90 Å². The first-order valence-corrected chi connectivity index (χ1v) is 8.09. The molecule has 0 unspecified atom stereocenters. The van der Waals surface area contributed by atoms with Crippen LogP contribution >= 0.6 is 22.7 Å². The van der Waals surface area contributed by atoms with Crippen molar-refractivity contribution < 1.29 is 4.79 Å². The number of carbonyl (C=O) groups excluding carboxylic acids is 1. The molecule has 0 saturated carbocycles. The lowest BCUT2D eigenvalue weighted by atomic mass is 10.2. The number of anilines is 1. The van der Waals surface area contributed by atoms with Gasteiger partial charge < -0.3 is 4.90 Å². The van der Waals surface area contributed by atoms with E-state index in [-0.39, 0.29) is 0 Å². The Labute approximate surface area is 122 Å². The van der Waals surface area contributed by atoms with Gasteiger partial charge in [-0.2, -0.15) is 0 Å². The van der Waals surface area contributed by atoms with Gasteiger partial charge in [0.2, 0.25) is 0 Å². The van der Waals surface area contributed by atoms with Crippen molar-refractivity contribution in [2.24, 2.45) is 0 Å². The fraction of sp³-hybridized carbons (Fsp3) is 0.400. The van der Waals surface area contributed by atoms with Crippen molar-refractivity contribution >= 4 is 34.0 Å². The van der Waals surface area contributed by atoms with E-state index >= 15 is 0 Å². The van der Waals surface area contributed by atoms with Crippen LogP contribution in [0.2, 0.25) is 0 Å². The van der Waals surface area contributed by atoms with Crippen LogP contribution in [0.3, 0.4) is 0 Å². The zero-order valence-corrected chi connectivity index (χ0v) is 13.3. The molecule has 2 rings (SSSR count). The maximum atomic E-state index is 10.7. The van der Waals surface area contributed by atoms with E-state index in [1.807, 2.05) is 12.1 Å². The van der Waals surface area contributed by atoms with Crippen LogP contribution in [0.1, 0.15) is 37.4 Å². The summed E-state index contributed by atoms with van der Waals surface area (Å²) in [5.41, 5.74) is 0. The highest BCUT2D eigenvalue weighted by atomic mass is 32.1. The van der Waals surface area contributed by atoms with Gasteiger partial charge in [-0.05, 0) is 52.0 Å². The fourth-order valence-corrected chi connectivity index (χ4v) is 4.44. The average molecular weight is 293 g/mol. The van der Waals surface area contributed by atoms with Crippen LogP contribution in [-0.4, -0.2) is 18.4 Å². The Bertz CT molecular complexity index is 546. The Morgan fingerprint density at radius 1 is 0.947 bits per heavy atom. The van der Waals surface area contributed by atoms with Crippen LogP contribution < -0.4 is 4.90 Å². The molecule has 0 atom stereocenters. The molecule has 0 N–H and O–H groups in total. The van der Waals surface area contributed by atoms with Gasteiger partial charge in [-0.15, -0.1) is 22.7 Å². The summed E-state index contributed by atoms with van der Waals surface area (Å²) in [7, 11) is 0. The standard InChI is InChI=1S/C15H19NOS2/c1-10(2)16(11(3)4)15-8-7-14(19-15)13-6-5-12(9-17)18-13/h5-11H,1-4H3. The Hall–Kier alpha value is -1.13. The maximum absolute atomic E-state index is 10.7. The van der Waals surface area contributed by atoms with Crippen molar-refractivity contribution in [1.82, 2.24) is 0 Å². The zero-order valence-electron chi connectivity index (χ0n) is 11.7. The fourth-order valence-electron chi connectivity index (χ4n) is 2.25. The molecule has 0 radical (unpaired) electrons. The van der Waals surface area contributed by atoms with Crippen LogP contribution in [-0.2, 0) is 0 Å². The normalized spacial score (nSPS) is 11.3. The summed E-state index contributed by atoms with van der Waals surface area (Å²) in [4.78, 5) is 16.4. The smallest absolute Gasteiger partial charge is 0.160 e. The van der Waals surface area contributed by atoms with Crippen LogP contribution in [0.4, 0.5) is 5.00 Å². The van der Waals surface area contributed by atoms with Gasteiger partial charge in [-0.3, -0.25) is 4.79 Å². The van der Waals surface area contributed by atoms with E-state index < -0.39 is 0 Å². The predicted molar refractivity (Wildman–Crippen MR) is 85.8 cm³/mol. The van der Waals surface area contributed by atoms with Gasteiger partial charge in [0, 0.05) is 21.8 Å². The van der Waals surface area contributed by atoms with Crippen molar-refractivity contribution in [3.8, 4) is 9.75 Å². The molecule has 102 valence electrons. The Morgan fingerprint density at radius 2 is 1.53 bits per heavy atom. The van der Waals surface area contributed by atoms with Gasteiger partial charge in [0.25, 0.3) is 0 Å².